The van der Waals surface area contributed by atoms with Gasteiger partial charge in [0.2, 0.25) is 5.91 Å². The summed E-state index contributed by atoms with van der Waals surface area (Å²) in [6.45, 7) is 5.19. The number of nitriles is 1. The Morgan fingerprint density at radius 3 is 2.68 bits per heavy atom. The van der Waals surface area contributed by atoms with Gasteiger partial charge in [-0.1, -0.05) is 31.3 Å². The predicted octanol–water partition coefficient (Wildman–Crippen LogP) is 3.21. The van der Waals surface area contributed by atoms with Crippen LogP contribution in [0.15, 0.2) is 18.2 Å². The molecule has 2 aromatic heterocycles. The summed E-state index contributed by atoms with van der Waals surface area (Å²) < 4.78 is 0. The Balaban J connectivity index is 2.23. The second kappa shape index (κ2) is 7.40. The molecule has 0 saturated heterocycles. The molecule has 0 aliphatic heterocycles. The highest BCUT2D eigenvalue weighted by Gasteiger charge is 2.29. The lowest BCUT2D eigenvalue weighted by Gasteiger charge is -2.21. The summed E-state index contributed by atoms with van der Waals surface area (Å²) in [6.07, 6.45) is 0.108. The molecular formula is C17H18N4O3S. The summed E-state index contributed by atoms with van der Waals surface area (Å²) >= 11 is 1.07. The van der Waals surface area contributed by atoms with Gasteiger partial charge in [0.25, 0.3) is 0 Å². The van der Waals surface area contributed by atoms with Crippen LogP contribution in [0.1, 0.15) is 37.3 Å². The van der Waals surface area contributed by atoms with E-state index in [1.165, 1.54) is 0 Å². The molecule has 25 heavy (non-hydrogen) atoms. The standard InChI is InChI=1S/C17H18N4O3S/c1-10-5-4-6-11(19-10)14-12(9-18)25-16(20-14)21-15(24)17(2,3)8-7-13(22)23/h4-6H,7-8H2,1-3H3,(H,22,23)(H,20,21,24). The molecule has 0 aliphatic rings. The first-order chi connectivity index (χ1) is 11.7. The molecule has 2 heterocycles. The summed E-state index contributed by atoms with van der Waals surface area (Å²) in [4.78, 5) is 32.2. The lowest BCUT2D eigenvalue weighted by atomic mass is 9.87. The molecule has 0 fully saturated rings. The number of aromatic nitrogens is 2. The topological polar surface area (TPSA) is 116 Å². The van der Waals surface area contributed by atoms with Crippen molar-refractivity contribution in [2.75, 3.05) is 5.32 Å². The van der Waals surface area contributed by atoms with Crippen LogP contribution in [0, 0.1) is 23.7 Å². The molecule has 2 aromatic rings. The maximum absolute atomic E-state index is 12.4. The van der Waals surface area contributed by atoms with Gasteiger partial charge in [-0.25, -0.2) is 4.98 Å². The molecule has 0 aliphatic carbocycles. The van der Waals surface area contributed by atoms with Gasteiger partial charge >= 0.3 is 5.97 Å². The number of aliphatic carboxylic acids is 1. The van der Waals surface area contributed by atoms with Crippen molar-refractivity contribution < 1.29 is 14.7 Å². The van der Waals surface area contributed by atoms with Gasteiger partial charge in [0.05, 0.1) is 5.69 Å². The van der Waals surface area contributed by atoms with Crippen molar-refractivity contribution in [3.05, 3.63) is 28.8 Å². The molecule has 7 nitrogen and oxygen atoms in total. The quantitative estimate of drug-likeness (QED) is 0.819. The van der Waals surface area contributed by atoms with E-state index in [0.717, 1.165) is 17.0 Å². The molecule has 0 aromatic carbocycles. The number of carboxylic acids is 1. The molecule has 130 valence electrons. The Kier molecular flexibility index (Phi) is 5.49. The smallest absolute Gasteiger partial charge is 0.303 e. The van der Waals surface area contributed by atoms with E-state index in [-0.39, 0.29) is 18.7 Å². The van der Waals surface area contributed by atoms with Crippen LogP contribution in [0.25, 0.3) is 11.4 Å². The number of aryl methyl sites for hydroxylation is 1. The van der Waals surface area contributed by atoms with E-state index in [2.05, 4.69) is 21.4 Å². The van der Waals surface area contributed by atoms with Gasteiger partial charge in [-0.15, -0.1) is 0 Å². The third-order valence-corrected chi connectivity index (χ3v) is 4.53. The number of pyridine rings is 1. The van der Waals surface area contributed by atoms with E-state index < -0.39 is 11.4 Å². The zero-order valence-corrected chi connectivity index (χ0v) is 15.0. The normalized spacial score (nSPS) is 11.0. The van der Waals surface area contributed by atoms with Crippen LogP contribution in [0.3, 0.4) is 0 Å². The van der Waals surface area contributed by atoms with Crippen LogP contribution in [0.2, 0.25) is 0 Å². The zero-order chi connectivity index (χ0) is 18.6. The van der Waals surface area contributed by atoms with Gasteiger partial charge in [0.15, 0.2) is 5.13 Å². The maximum Gasteiger partial charge on any atom is 0.303 e. The van der Waals surface area contributed by atoms with Gasteiger partial charge in [-0.3, -0.25) is 14.6 Å². The van der Waals surface area contributed by atoms with Gasteiger partial charge in [-0.2, -0.15) is 5.26 Å². The summed E-state index contributed by atoms with van der Waals surface area (Å²) in [5, 5.41) is 21.1. The van der Waals surface area contributed by atoms with E-state index in [1.807, 2.05) is 19.1 Å². The molecule has 0 bridgehead atoms. The minimum Gasteiger partial charge on any atom is -0.481 e. The van der Waals surface area contributed by atoms with Gasteiger partial charge in [0.1, 0.15) is 16.6 Å². The molecule has 0 spiro atoms. The number of nitrogens with one attached hydrogen (secondary N) is 1. The highest BCUT2D eigenvalue weighted by atomic mass is 32.1. The van der Waals surface area contributed by atoms with Crippen LogP contribution < -0.4 is 5.32 Å². The van der Waals surface area contributed by atoms with Crippen molar-refractivity contribution in [2.24, 2.45) is 5.41 Å². The first-order valence-electron chi connectivity index (χ1n) is 7.61. The van der Waals surface area contributed by atoms with E-state index in [4.69, 9.17) is 5.11 Å². The fraction of sp³-hybridized carbons (Fsp3) is 0.353. The molecule has 0 unspecified atom stereocenters. The molecule has 0 radical (unpaired) electrons. The number of hydrogen-bond donors (Lipinski definition) is 2. The van der Waals surface area contributed by atoms with Crippen LogP contribution in [0.4, 0.5) is 5.13 Å². The minimum absolute atomic E-state index is 0.0970. The molecule has 1 amide bonds. The van der Waals surface area contributed by atoms with E-state index in [9.17, 15) is 14.9 Å². The lowest BCUT2D eigenvalue weighted by molar-refractivity contribution is -0.138. The zero-order valence-electron chi connectivity index (χ0n) is 14.2. The fourth-order valence-electron chi connectivity index (χ4n) is 2.10. The summed E-state index contributed by atoms with van der Waals surface area (Å²) in [6, 6.07) is 7.50. The maximum atomic E-state index is 12.4. The number of nitrogens with zero attached hydrogens (tertiary/aromatic N) is 3. The summed E-state index contributed by atoms with van der Waals surface area (Å²) in [5.74, 6) is -1.29. The first-order valence-corrected chi connectivity index (χ1v) is 8.43. The fourth-order valence-corrected chi connectivity index (χ4v) is 2.86. The third kappa shape index (κ3) is 4.61. The van der Waals surface area contributed by atoms with E-state index in [0.29, 0.717) is 21.4 Å². The minimum atomic E-state index is -0.949. The SMILES string of the molecule is Cc1cccc(-c2nc(NC(=O)C(C)(C)CCC(=O)O)sc2C#N)n1. The van der Waals surface area contributed by atoms with Crippen molar-refractivity contribution in [1.29, 1.82) is 5.26 Å². The first kappa shape index (κ1) is 18.5. The number of hydrogen-bond acceptors (Lipinski definition) is 6. The highest BCUT2D eigenvalue weighted by molar-refractivity contribution is 7.16. The molecular weight excluding hydrogens is 340 g/mol. The van der Waals surface area contributed by atoms with Gasteiger partial charge < -0.3 is 10.4 Å². The number of carboxylic acid groups (broad SMARTS) is 1. The van der Waals surface area contributed by atoms with E-state index in [1.54, 1.807) is 19.9 Å². The third-order valence-electron chi connectivity index (χ3n) is 3.66. The monoisotopic (exact) mass is 358 g/mol. The second-order valence-corrected chi connectivity index (χ2v) is 7.20. The molecule has 8 heteroatoms. The van der Waals surface area contributed by atoms with Crippen LogP contribution in [-0.4, -0.2) is 27.0 Å². The number of carbonyl (C=O) groups excluding carboxylic acids is 1. The van der Waals surface area contributed by atoms with Crippen molar-refractivity contribution >= 4 is 28.3 Å². The van der Waals surface area contributed by atoms with Crippen molar-refractivity contribution in [1.82, 2.24) is 9.97 Å². The van der Waals surface area contributed by atoms with Crippen LogP contribution in [0.5, 0.6) is 0 Å². The Bertz CT molecular complexity index is 852. The highest BCUT2D eigenvalue weighted by Crippen LogP contribution is 2.31. The summed E-state index contributed by atoms with van der Waals surface area (Å²) in [7, 11) is 0. The molecule has 2 N–H and O–H groups in total. The average molecular weight is 358 g/mol. The van der Waals surface area contributed by atoms with Crippen LogP contribution >= 0.6 is 11.3 Å². The Morgan fingerprint density at radius 2 is 2.08 bits per heavy atom. The van der Waals surface area contributed by atoms with Gasteiger partial charge in [-0.05, 0) is 25.5 Å². The van der Waals surface area contributed by atoms with E-state index >= 15 is 0 Å². The number of rotatable bonds is 6. The molecule has 2 rings (SSSR count). The largest absolute Gasteiger partial charge is 0.481 e. The Labute approximate surface area is 149 Å². The number of amides is 1. The Hall–Kier alpha value is -2.79. The molecule has 0 saturated carbocycles. The lowest BCUT2D eigenvalue weighted by Crippen LogP contribution is -2.31. The average Bonchev–Trinajstić information content (AvgIpc) is 2.96. The predicted molar refractivity (Wildman–Crippen MR) is 94.1 cm³/mol. The number of anilines is 1. The number of thiazole rings is 1. The van der Waals surface area contributed by atoms with Crippen molar-refractivity contribution in [3.63, 3.8) is 0 Å². The van der Waals surface area contributed by atoms with Crippen molar-refractivity contribution in [2.45, 2.75) is 33.6 Å². The van der Waals surface area contributed by atoms with Crippen molar-refractivity contribution in [3.8, 4) is 17.5 Å². The van der Waals surface area contributed by atoms with Gasteiger partial charge in [0, 0.05) is 17.5 Å². The molecule has 0 atom stereocenters. The Morgan fingerprint density at radius 1 is 1.36 bits per heavy atom. The number of carbonyl (C=O) groups is 2. The summed E-state index contributed by atoms with van der Waals surface area (Å²) in [5.41, 5.74) is 0.932. The van der Waals surface area contributed by atoms with Crippen LogP contribution in [-0.2, 0) is 9.59 Å². The second-order valence-electron chi connectivity index (χ2n) is 6.20.